The summed E-state index contributed by atoms with van der Waals surface area (Å²) in [5.74, 6) is 0.233. The molecule has 1 N–H and O–H groups in total. The van der Waals surface area contributed by atoms with Crippen LogP contribution in [0.5, 0.6) is 0 Å². The van der Waals surface area contributed by atoms with Gasteiger partial charge in [-0.2, -0.15) is 0 Å². The maximum atomic E-state index is 12.7. The minimum atomic E-state index is -0.0460. The van der Waals surface area contributed by atoms with Gasteiger partial charge in [0.1, 0.15) is 0 Å². The summed E-state index contributed by atoms with van der Waals surface area (Å²) in [6.45, 7) is 6.09. The van der Waals surface area contributed by atoms with E-state index in [4.69, 9.17) is 21.6 Å². The number of anilines is 1. The van der Waals surface area contributed by atoms with Crippen molar-refractivity contribution in [1.29, 1.82) is 0 Å². The summed E-state index contributed by atoms with van der Waals surface area (Å²) in [6.07, 6.45) is 0.552. The fourth-order valence-electron chi connectivity index (χ4n) is 3.75. The Hall–Kier alpha value is -2.89. The summed E-state index contributed by atoms with van der Waals surface area (Å²) in [5.41, 5.74) is 7.74. The Morgan fingerprint density at radius 1 is 0.969 bits per heavy atom. The third-order valence-electron chi connectivity index (χ3n) is 5.19. The van der Waals surface area contributed by atoms with Crippen molar-refractivity contribution < 1.29 is 4.79 Å². The van der Waals surface area contributed by atoms with Crippen molar-refractivity contribution in [3.8, 4) is 0 Å². The molecule has 0 radical (unpaired) electrons. The number of thioether (sulfide) groups is 1. The Morgan fingerprint density at radius 2 is 1.59 bits per heavy atom. The second-order valence-corrected chi connectivity index (χ2v) is 9.33. The van der Waals surface area contributed by atoms with Crippen LogP contribution in [-0.2, 0) is 4.79 Å². The van der Waals surface area contributed by atoms with Crippen molar-refractivity contribution in [2.24, 2.45) is 9.98 Å². The SMILES string of the molecule is Cc1cc(C)c(NC(=O)CSC2=Nc3ccccc3N=C(c3ccc(Cl)cc3)C2)c(C)c1. The quantitative estimate of drug-likeness (QED) is 0.446. The molecule has 0 saturated carbocycles. The van der Waals surface area contributed by atoms with Gasteiger partial charge in [-0.05, 0) is 61.7 Å². The highest BCUT2D eigenvalue weighted by Gasteiger charge is 2.17. The summed E-state index contributed by atoms with van der Waals surface area (Å²) in [6, 6.07) is 19.6. The molecule has 1 aliphatic rings. The van der Waals surface area contributed by atoms with Gasteiger partial charge in [0.05, 0.1) is 27.9 Å². The molecular formula is C26H24ClN3OS. The average molecular weight is 462 g/mol. The van der Waals surface area contributed by atoms with E-state index in [-0.39, 0.29) is 11.7 Å². The van der Waals surface area contributed by atoms with Crippen LogP contribution in [0.2, 0.25) is 5.02 Å². The first-order chi connectivity index (χ1) is 15.4. The Labute approximate surface area is 197 Å². The molecule has 3 aromatic rings. The first kappa shape index (κ1) is 22.3. The number of halogens is 1. The molecule has 0 spiro atoms. The topological polar surface area (TPSA) is 53.8 Å². The van der Waals surface area contributed by atoms with E-state index in [1.807, 2.05) is 62.4 Å². The molecule has 32 heavy (non-hydrogen) atoms. The summed E-state index contributed by atoms with van der Waals surface area (Å²) in [5, 5.41) is 4.61. The number of benzene rings is 3. The van der Waals surface area contributed by atoms with Gasteiger partial charge < -0.3 is 5.32 Å². The molecule has 0 fully saturated rings. The summed E-state index contributed by atoms with van der Waals surface area (Å²) in [4.78, 5) is 22.4. The van der Waals surface area contributed by atoms with Crippen molar-refractivity contribution in [3.05, 3.63) is 87.9 Å². The number of rotatable bonds is 4. The lowest BCUT2D eigenvalue weighted by atomic mass is 10.1. The molecular weight excluding hydrogens is 438 g/mol. The molecule has 1 amide bonds. The molecule has 0 atom stereocenters. The number of para-hydroxylation sites is 2. The minimum Gasteiger partial charge on any atom is -0.325 e. The summed E-state index contributed by atoms with van der Waals surface area (Å²) >= 11 is 7.51. The van der Waals surface area contributed by atoms with Crippen LogP contribution in [0, 0.1) is 20.8 Å². The largest absolute Gasteiger partial charge is 0.325 e. The van der Waals surface area contributed by atoms with Crippen molar-refractivity contribution in [2.45, 2.75) is 27.2 Å². The smallest absolute Gasteiger partial charge is 0.234 e. The van der Waals surface area contributed by atoms with Crippen molar-refractivity contribution in [1.82, 2.24) is 0 Å². The van der Waals surface area contributed by atoms with Gasteiger partial charge in [0.2, 0.25) is 5.91 Å². The molecule has 4 rings (SSSR count). The van der Waals surface area contributed by atoms with E-state index in [1.54, 1.807) is 0 Å². The van der Waals surface area contributed by atoms with Gasteiger partial charge in [0.25, 0.3) is 0 Å². The van der Waals surface area contributed by atoms with Crippen molar-refractivity contribution in [3.63, 3.8) is 0 Å². The molecule has 162 valence electrons. The zero-order valence-electron chi connectivity index (χ0n) is 18.3. The number of aryl methyl sites for hydroxylation is 3. The maximum Gasteiger partial charge on any atom is 0.234 e. The number of carbonyl (C=O) groups is 1. The molecule has 4 nitrogen and oxygen atoms in total. The maximum absolute atomic E-state index is 12.7. The molecule has 3 aromatic carbocycles. The van der Waals surface area contributed by atoms with Gasteiger partial charge in [0, 0.05) is 17.1 Å². The second kappa shape index (κ2) is 9.72. The van der Waals surface area contributed by atoms with Gasteiger partial charge in [-0.25, -0.2) is 4.99 Å². The molecule has 0 aromatic heterocycles. The summed E-state index contributed by atoms with van der Waals surface area (Å²) < 4.78 is 0. The van der Waals surface area contributed by atoms with E-state index in [2.05, 4.69) is 24.4 Å². The number of carbonyl (C=O) groups excluding carboxylic acids is 1. The normalized spacial score (nSPS) is 13.0. The number of hydrogen-bond donors (Lipinski definition) is 1. The van der Waals surface area contributed by atoms with E-state index >= 15 is 0 Å². The van der Waals surface area contributed by atoms with Crippen LogP contribution in [0.25, 0.3) is 0 Å². The predicted molar refractivity (Wildman–Crippen MR) is 138 cm³/mol. The zero-order chi connectivity index (χ0) is 22.7. The van der Waals surface area contributed by atoms with Crippen molar-refractivity contribution in [2.75, 3.05) is 11.1 Å². The van der Waals surface area contributed by atoms with Crippen LogP contribution >= 0.6 is 23.4 Å². The number of nitrogens with one attached hydrogen (secondary N) is 1. The van der Waals surface area contributed by atoms with E-state index in [9.17, 15) is 4.79 Å². The highest BCUT2D eigenvalue weighted by atomic mass is 35.5. The Balaban J connectivity index is 1.53. The minimum absolute atomic E-state index is 0.0460. The Bertz CT molecular complexity index is 1210. The molecule has 6 heteroatoms. The monoisotopic (exact) mass is 461 g/mol. The van der Waals surface area contributed by atoms with Gasteiger partial charge in [-0.15, -0.1) is 11.8 Å². The first-order valence-corrected chi connectivity index (χ1v) is 11.8. The van der Waals surface area contributed by atoms with E-state index in [0.717, 1.165) is 44.5 Å². The van der Waals surface area contributed by atoms with Crippen LogP contribution in [0.15, 0.2) is 70.6 Å². The summed E-state index contributed by atoms with van der Waals surface area (Å²) in [7, 11) is 0. The molecule has 1 heterocycles. The fourth-order valence-corrected chi connectivity index (χ4v) is 4.65. The van der Waals surface area contributed by atoms with Gasteiger partial charge in [0.15, 0.2) is 0 Å². The fraction of sp³-hybridized carbons (Fsp3) is 0.192. The van der Waals surface area contributed by atoms with Crippen LogP contribution in [0.4, 0.5) is 17.1 Å². The predicted octanol–water partition coefficient (Wildman–Crippen LogP) is 7.19. The Kier molecular flexibility index (Phi) is 6.77. The lowest BCUT2D eigenvalue weighted by Crippen LogP contribution is -2.17. The molecule has 1 aliphatic heterocycles. The van der Waals surface area contributed by atoms with Crippen LogP contribution in [-0.4, -0.2) is 22.4 Å². The van der Waals surface area contributed by atoms with E-state index in [0.29, 0.717) is 11.4 Å². The molecule has 0 bridgehead atoms. The number of nitrogens with zero attached hydrogens (tertiary/aromatic N) is 2. The van der Waals surface area contributed by atoms with Gasteiger partial charge >= 0.3 is 0 Å². The number of fused-ring (bicyclic) bond motifs is 1. The lowest BCUT2D eigenvalue weighted by molar-refractivity contribution is -0.113. The number of hydrogen-bond acceptors (Lipinski definition) is 4. The van der Waals surface area contributed by atoms with E-state index in [1.165, 1.54) is 17.3 Å². The highest BCUT2D eigenvalue weighted by molar-refractivity contribution is 8.14. The highest BCUT2D eigenvalue weighted by Crippen LogP contribution is 2.33. The Morgan fingerprint density at radius 3 is 2.25 bits per heavy atom. The van der Waals surface area contributed by atoms with Crippen LogP contribution in [0.3, 0.4) is 0 Å². The van der Waals surface area contributed by atoms with Gasteiger partial charge in [-0.1, -0.05) is 53.6 Å². The van der Waals surface area contributed by atoms with E-state index < -0.39 is 0 Å². The number of aliphatic imine (C=N–C) groups is 2. The average Bonchev–Trinajstić information content (AvgIpc) is 2.94. The second-order valence-electron chi connectivity index (χ2n) is 7.85. The first-order valence-electron chi connectivity index (χ1n) is 10.4. The molecule has 0 aliphatic carbocycles. The van der Waals surface area contributed by atoms with Crippen molar-refractivity contribution >= 4 is 57.1 Å². The number of amides is 1. The molecule has 0 saturated heterocycles. The lowest BCUT2D eigenvalue weighted by Gasteiger charge is -2.13. The zero-order valence-corrected chi connectivity index (χ0v) is 19.8. The van der Waals surface area contributed by atoms with Gasteiger partial charge in [-0.3, -0.25) is 9.79 Å². The van der Waals surface area contributed by atoms with Crippen LogP contribution in [0.1, 0.15) is 28.7 Å². The standard InChI is InChI=1S/C26H24ClN3OS/c1-16-12-17(2)26(18(3)13-16)30-24(31)15-32-25-14-23(19-8-10-20(27)11-9-19)28-21-6-4-5-7-22(21)29-25/h4-13H,14-15H2,1-3H3,(H,30,31). The molecule has 0 unspecified atom stereocenters. The third kappa shape index (κ3) is 5.29. The third-order valence-corrected chi connectivity index (χ3v) is 6.42. The van der Waals surface area contributed by atoms with Crippen LogP contribution < -0.4 is 5.32 Å².